The first kappa shape index (κ1) is 24.9. The number of carbonyl (C=O) groups is 2. The van der Waals surface area contributed by atoms with Crippen molar-refractivity contribution in [1.29, 1.82) is 0 Å². The highest BCUT2D eigenvalue weighted by molar-refractivity contribution is 5.91. The van der Waals surface area contributed by atoms with Gasteiger partial charge >= 0.3 is 0 Å². The molecule has 1 aromatic carbocycles. The van der Waals surface area contributed by atoms with Crippen molar-refractivity contribution in [2.45, 2.75) is 51.9 Å². The van der Waals surface area contributed by atoms with Crippen LogP contribution in [0.2, 0.25) is 0 Å². The number of aliphatic hydroxyl groups excluding tert-OH is 1. The lowest BCUT2D eigenvalue weighted by Crippen LogP contribution is -2.57. The van der Waals surface area contributed by atoms with Gasteiger partial charge in [-0.2, -0.15) is 0 Å². The molecule has 1 aliphatic heterocycles. The second-order valence-corrected chi connectivity index (χ2v) is 9.51. The molecule has 0 radical (unpaired) electrons. The number of hydrogen-bond donors (Lipinski definition) is 3. The summed E-state index contributed by atoms with van der Waals surface area (Å²) < 4.78 is 0. The molecule has 0 unspecified atom stereocenters. The molecule has 1 aliphatic rings. The fraction of sp³-hybridized carbons (Fsp3) is 0.583. The number of nitrogens with one attached hydrogen (secondary N) is 2. The first-order valence-electron chi connectivity index (χ1n) is 10.7. The molecule has 0 aromatic heterocycles. The van der Waals surface area contributed by atoms with Crippen LogP contribution in [-0.4, -0.2) is 78.6 Å². The van der Waals surface area contributed by atoms with Crippen LogP contribution in [0.15, 0.2) is 24.3 Å². The van der Waals surface area contributed by atoms with Gasteiger partial charge in [0.2, 0.25) is 11.8 Å². The van der Waals surface area contributed by atoms with Crippen LogP contribution in [0.4, 0.5) is 0 Å². The Kier molecular flexibility index (Phi) is 8.63. The smallest absolute Gasteiger partial charge is 0.243 e. The Morgan fingerprint density at radius 2 is 1.94 bits per heavy atom. The van der Waals surface area contributed by atoms with Gasteiger partial charge in [-0.3, -0.25) is 9.59 Å². The zero-order valence-corrected chi connectivity index (χ0v) is 19.3. The fourth-order valence-electron chi connectivity index (χ4n) is 3.69. The van der Waals surface area contributed by atoms with Crippen LogP contribution in [0, 0.1) is 17.8 Å². The standard InChI is InChI=1S/C24H36N4O3/c1-7-17-8-10-18(11-9-17)15-26-22(30)20-14-19(29)16-28(20)23(31)21(24(2,3)4)25-12-13-27(5)6/h1,8-11,19-21,25,29H,12-16H2,2-6H3,(H,26,30)/t19-,20+,21-/m1/s1. The average molecular weight is 429 g/mol. The molecule has 31 heavy (non-hydrogen) atoms. The van der Waals surface area contributed by atoms with Crippen LogP contribution in [0.3, 0.4) is 0 Å². The van der Waals surface area contributed by atoms with Crippen molar-refractivity contribution in [3.63, 3.8) is 0 Å². The maximum atomic E-state index is 13.4. The second-order valence-electron chi connectivity index (χ2n) is 9.51. The van der Waals surface area contributed by atoms with Crippen LogP contribution in [0.1, 0.15) is 38.3 Å². The molecule has 170 valence electrons. The molecular formula is C24H36N4O3. The Morgan fingerprint density at radius 1 is 1.29 bits per heavy atom. The monoisotopic (exact) mass is 428 g/mol. The first-order valence-corrected chi connectivity index (χ1v) is 10.7. The molecule has 7 nitrogen and oxygen atoms in total. The van der Waals surface area contributed by atoms with Crippen molar-refractivity contribution < 1.29 is 14.7 Å². The minimum atomic E-state index is -0.711. The largest absolute Gasteiger partial charge is 0.391 e. The van der Waals surface area contributed by atoms with E-state index >= 15 is 0 Å². The third-order valence-corrected chi connectivity index (χ3v) is 5.47. The fourth-order valence-corrected chi connectivity index (χ4v) is 3.69. The molecule has 0 saturated carbocycles. The Balaban J connectivity index is 2.07. The predicted octanol–water partition coefficient (Wildman–Crippen LogP) is 0.812. The maximum absolute atomic E-state index is 13.4. The van der Waals surface area contributed by atoms with E-state index in [1.54, 1.807) is 0 Å². The summed E-state index contributed by atoms with van der Waals surface area (Å²) in [7, 11) is 3.96. The molecule has 0 bridgehead atoms. The summed E-state index contributed by atoms with van der Waals surface area (Å²) in [6.07, 6.45) is 4.90. The zero-order valence-electron chi connectivity index (χ0n) is 19.3. The van der Waals surface area contributed by atoms with Gasteiger partial charge in [0.05, 0.1) is 12.1 Å². The van der Waals surface area contributed by atoms with Gasteiger partial charge in [-0.1, -0.05) is 38.8 Å². The minimum absolute atomic E-state index is 0.152. The molecule has 1 aromatic rings. The second kappa shape index (κ2) is 10.8. The summed E-state index contributed by atoms with van der Waals surface area (Å²) in [5, 5.41) is 16.5. The van der Waals surface area contributed by atoms with E-state index in [4.69, 9.17) is 6.42 Å². The van der Waals surface area contributed by atoms with E-state index in [1.165, 1.54) is 4.90 Å². The van der Waals surface area contributed by atoms with E-state index < -0.39 is 18.2 Å². The number of β-amino-alcohol motifs (C(OH)–C–C–N with tert-alkyl or cyclic N) is 1. The van der Waals surface area contributed by atoms with E-state index in [2.05, 4.69) is 16.6 Å². The Bertz CT molecular complexity index is 793. The van der Waals surface area contributed by atoms with Crippen LogP contribution >= 0.6 is 0 Å². The Morgan fingerprint density at radius 3 is 2.48 bits per heavy atom. The van der Waals surface area contributed by atoms with Gasteiger partial charge in [-0.05, 0) is 37.2 Å². The van der Waals surface area contributed by atoms with Crippen LogP contribution in [-0.2, 0) is 16.1 Å². The normalized spacial score (nSPS) is 19.9. The predicted molar refractivity (Wildman–Crippen MR) is 122 cm³/mol. The molecule has 3 atom stereocenters. The van der Waals surface area contributed by atoms with Gasteiger partial charge in [0.25, 0.3) is 0 Å². The molecular weight excluding hydrogens is 392 g/mol. The van der Waals surface area contributed by atoms with Gasteiger partial charge in [0, 0.05) is 38.2 Å². The Hall–Kier alpha value is -2.40. The van der Waals surface area contributed by atoms with Gasteiger partial charge < -0.3 is 25.5 Å². The molecule has 1 heterocycles. The number of benzene rings is 1. The average Bonchev–Trinajstić information content (AvgIpc) is 3.10. The SMILES string of the molecule is C#Cc1ccc(CNC(=O)[C@@H]2C[C@@H](O)CN2C(=O)[C@@H](NCCN(C)C)C(C)(C)C)cc1. The minimum Gasteiger partial charge on any atom is -0.391 e. The number of rotatable bonds is 8. The maximum Gasteiger partial charge on any atom is 0.243 e. The quantitative estimate of drug-likeness (QED) is 0.534. The topological polar surface area (TPSA) is 84.9 Å². The summed E-state index contributed by atoms with van der Waals surface area (Å²) in [4.78, 5) is 29.9. The van der Waals surface area contributed by atoms with E-state index in [0.717, 1.165) is 17.7 Å². The summed E-state index contributed by atoms with van der Waals surface area (Å²) in [5.41, 5.74) is 1.36. The molecule has 2 rings (SSSR count). The first-order chi connectivity index (χ1) is 14.5. The van der Waals surface area contributed by atoms with Gasteiger partial charge in [0.15, 0.2) is 0 Å². The number of hydrogen-bond acceptors (Lipinski definition) is 5. The highest BCUT2D eigenvalue weighted by Gasteiger charge is 2.43. The van der Waals surface area contributed by atoms with Crippen molar-refractivity contribution in [1.82, 2.24) is 20.4 Å². The molecule has 1 saturated heterocycles. The lowest BCUT2D eigenvalue weighted by molar-refractivity contribution is -0.142. The summed E-state index contributed by atoms with van der Waals surface area (Å²) in [6, 6.07) is 6.24. The highest BCUT2D eigenvalue weighted by atomic mass is 16.3. The molecule has 3 N–H and O–H groups in total. The van der Waals surface area contributed by atoms with Gasteiger partial charge in [0.1, 0.15) is 6.04 Å². The number of terminal acetylenes is 1. The van der Waals surface area contributed by atoms with Crippen molar-refractivity contribution in [3.05, 3.63) is 35.4 Å². The highest BCUT2D eigenvalue weighted by Crippen LogP contribution is 2.26. The number of amides is 2. The number of carbonyl (C=O) groups excluding carboxylic acids is 2. The molecule has 1 fully saturated rings. The number of aliphatic hydroxyl groups is 1. The molecule has 2 amide bonds. The summed E-state index contributed by atoms with van der Waals surface area (Å²) in [5.74, 6) is 2.15. The van der Waals surface area contributed by atoms with Crippen LogP contribution in [0.5, 0.6) is 0 Å². The van der Waals surface area contributed by atoms with Crippen molar-refractivity contribution in [3.8, 4) is 12.3 Å². The van der Waals surface area contributed by atoms with E-state index in [9.17, 15) is 14.7 Å². The lowest BCUT2D eigenvalue weighted by atomic mass is 9.85. The lowest BCUT2D eigenvalue weighted by Gasteiger charge is -2.35. The summed E-state index contributed by atoms with van der Waals surface area (Å²) >= 11 is 0. The third kappa shape index (κ3) is 7.06. The zero-order chi connectivity index (χ0) is 23.2. The van der Waals surface area contributed by atoms with E-state index in [-0.39, 0.29) is 30.2 Å². The van der Waals surface area contributed by atoms with E-state index in [0.29, 0.717) is 13.1 Å². The van der Waals surface area contributed by atoms with Crippen molar-refractivity contribution >= 4 is 11.8 Å². The third-order valence-electron chi connectivity index (χ3n) is 5.47. The van der Waals surface area contributed by atoms with Gasteiger partial charge in [-0.25, -0.2) is 0 Å². The summed E-state index contributed by atoms with van der Waals surface area (Å²) in [6.45, 7) is 7.95. The van der Waals surface area contributed by atoms with Gasteiger partial charge in [-0.15, -0.1) is 6.42 Å². The molecule has 0 spiro atoms. The van der Waals surface area contributed by atoms with Crippen LogP contribution < -0.4 is 10.6 Å². The molecule has 0 aliphatic carbocycles. The Labute approximate surface area is 186 Å². The number of nitrogens with zero attached hydrogens (tertiary/aromatic N) is 2. The van der Waals surface area contributed by atoms with E-state index in [1.807, 2.05) is 64.0 Å². The van der Waals surface area contributed by atoms with Crippen molar-refractivity contribution in [2.75, 3.05) is 33.7 Å². The van der Waals surface area contributed by atoms with Crippen molar-refractivity contribution in [2.24, 2.45) is 5.41 Å². The number of likely N-dealkylation sites (N-methyl/N-ethyl adjacent to an activating group) is 1. The number of likely N-dealkylation sites (tertiary alicyclic amines) is 1. The van der Waals surface area contributed by atoms with Crippen LogP contribution in [0.25, 0.3) is 0 Å². The molecule has 7 heteroatoms.